The summed E-state index contributed by atoms with van der Waals surface area (Å²) in [5.41, 5.74) is 0. The zero-order chi connectivity index (χ0) is 36.3. The second-order valence-corrected chi connectivity index (χ2v) is 20.5. The van der Waals surface area contributed by atoms with Crippen LogP contribution in [0.5, 0.6) is 0 Å². The molecule has 4 nitrogen and oxygen atoms in total. The van der Waals surface area contributed by atoms with Crippen LogP contribution < -0.4 is 0 Å². The Hall–Kier alpha value is 1.40. The summed E-state index contributed by atoms with van der Waals surface area (Å²) in [7, 11) is -2.80. The highest BCUT2D eigenvalue weighted by atomic mass is 31.3. The molecule has 0 N–H and O–H groups in total. The minimum Gasteiger partial charge on any atom is -0.267 e. The quantitative estimate of drug-likeness (QED) is 0.0456. The Kier molecular flexibility index (Phi) is 46.0. The predicted molar refractivity (Wildman–Crippen MR) is 234 cm³/mol. The van der Waals surface area contributed by atoms with E-state index >= 15 is 0 Å². The molecule has 0 aliphatic rings. The molecule has 0 aromatic heterocycles. The summed E-state index contributed by atoms with van der Waals surface area (Å²) in [6, 6.07) is 0. The van der Waals surface area contributed by atoms with E-state index in [0.717, 1.165) is 37.7 Å². The Labute approximate surface area is 321 Å². The summed E-state index contributed by atoms with van der Waals surface area (Å²) in [4.78, 5) is 0. The molecule has 0 rings (SSSR count). The molecule has 0 aliphatic carbocycles. The van der Waals surface area contributed by atoms with E-state index in [9.17, 15) is 4.57 Å². The van der Waals surface area contributed by atoms with Crippen LogP contribution >= 0.6 is 34.2 Å². The number of hydrogen-bond acceptors (Lipinski definition) is 4. The van der Waals surface area contributed by atoms with Crippen molar-refractivity contribution in [2.24, 2.45) is 0 Å². The molecule has 0 fully saturated rings. The van der Waals surface area contributed by atoms with Gasteiger partial charge in [-0.15, -0.1) is 0 Å². The van der Waals surface area contributed by atoms with E-state index in [2.05, 4.69) is 20.8 Å². The van der Waals surface area contributed by atoms with Gasteiger partial charge in [0.1, 0.15) is 0 Å². The topological polar surface area (TPSA) is 44.8 Å². The van der Waals surface area contributed by atoms with E-state index in [1.165, 1.54) is 212 Å². The molecule has 50 heavy (non-hydrogen) atoms. The van der Waals surface area contributed by atoms with Gasteiger partial charge in [-0.25, -0.2) is 4.57 Å². The fourth-order valence-electron chi connectivity index (χ4n) is 6.54. The average molecular weight is 783 g/mol. The predicted octanol–water partition coefficient (Wildman–Crippen LogP) is 18.0. The Bertz CT molecular complexity index is 584. The molecule has 302 valence electrons. The lowest BCUT2D eigenvalue weighted by atomic mass is 10.1. The highest BCUT2D eigenvalue weighted by Gasteiger charge is 2.26. The largest absolute Gasteiger partial charge is 0.483 e. The molecule has 0 heterocycles. The van der Waals surface area contributed by atoms with Crippen LogP contribution in [0.1, 0.15) is 252 Å². The maximum Gasteiger partial charge on any atom is 0.483 e. The molecule has 0 amide bonds. The summed E-state index contributed by atoms with van der Waals surface area (Å²) < 4.78 is 31.3. The van der Waals surface area contributed by atoms with Gasteiger partial charge in [0.15, 0.2) is 0 Å². The van der Waals surface area contributed by atoms with Crippen LogP contribution in [0.25, 0.3) is 0 Å². The van der Waals surface area contributed by atoms with Gasteiger partial charge in [-0.2, -0.15) is 0 Å². The number of unbranched alkanes of at least 4 members (excludes halogenated alkanes) is 33. The van der Waals surface area contributed by atoms with E-state index in [0.29, 0.717) is 0 Å². The minimum absolute atomic E-state index is 0.213. The van der Waals surface area contributed by atoms with E-state index < -0.39 is 7.82 Å². The molecule has 0 saturated heterocycles. The van der Waals surface area contributed by atoms with Gasteiger partial charge in [0.05, 0.1) is 0 Å². The van der Waals surface area contributed by atoms with Crippen molar-refractivity contribution in [1.29, 1.82) is 0 Å². The molecule has 0 radical (unpaired) electrons. The first-order valence-corrected chi connectivity index (χ1v) is 27.3. The van der Waals surface area contributed by atoms with Crippen LogP contribution in [0, 0.1) is 0 Å². The summed E-state index contributed by atoms with van der Waals surface area (Å²) in [6.45, 7) is 6.86. The zero-order valence-electron chi connectivity index (χ0n) is 34.2. The summed E-state index contributed by atoms with van der Waals surface area (Å²) in [6.07, 6.45) is 51.7. The van der Waals surface area contributed by atoms with Crippen LogP contribution in [0.15, 0.2) is 0 Å². The van der Waals surface area contributed by atoms with Crippen LogP contribution in [0.2, 0.25) is 0 Å². The van der Waals surface area contributed by atoms with Gasteiger partial charge in [0.2, 0.25) is 0 Å². The van der Waals surface area contributed by atoms with Gasteiger partial charge < -0.3 is 0 Å². The minimum atomic E-state index is -3.44. The first kappa shape index (κ1) is 51.4. The van der Waals surface area contributed by atoms with Crippen molar-refractivity contribution < 1.29 is 17.5 Å². The Morgan fingerprint density at radius 2 is 0.440 bits per heavy atom. The van der Waals surface area contributed by atoms with Crippen molar-refractivity contribution in [2.45, 2.75) is 252 Å². The lowest BCUT2D eigenvalue weighted by Gasteiger charge is -2.17. The monoisotopic (exact) mass is 783 g/mol. The number of phosphoric acid groups is 1. The Morgan fingerprint density at radius 1 is 0.280 bits per heavy atom. The second-order valence-electron chi connectivity index (χ2n) is 15.1. The molecular formula is C42H90O4P4. The van der Waals surface area contributed by atoms with E-state index in [1.54, 1.807) is 0 Å². The van der Waals surface area contributed by atoms with Gasteiger partial charge in [0.25, 0.3) is 0 Å². The van der Waals surface area contributed by atoms with E-state index in [1.807, 2.05) is 0 Å². The molecule has 0 aromatic carbocycles. The van der Waals surface area contributed by atoms with Gasteiger partial charge in [-0.05, 0) is 37.7 Å². The Morgan fingerprint density at radius 3 is 0.620 bits per heavy atom. The molecule has 0 saturated carbocycles. The van der Waals surface area contributed by atoms with Crippen LogP contribution in [-0.4, -0.2) is 18.5 Å². The third-order valence-electron chi connectivity index (χ3n) is 9.93. The zero-order valence-corrected chi connectivity index (χ0v) is 38.1. The first-order valence-electron chi connectivity index (χ1n) is 22.5. The number of hydrogen-bond donors (Lipinski definition) is 0. The summed E-state index contributed by atoms with van der Waals surface area (Å²) in [5, 5.41) is 0. The van der Waals surface area contributed by atoms with Crippen molar-refractivity contribution in [3.05, 3.63) is 0 Å². The maximum absolute atomic E-state index is 13.5. The third kappa shape index (κ3) is 42.1. The third-order valence-corrected chi connectivity index (χ3v) is 15.8. The summed E-state index contributed by atoms with van der Waals surface area (Å²) in [5.74, 6) is 0. The van der Waals surface area contributed by atoms with Crippen molar-refractivity contribution in [2.75, 3.05) is 18.5 Å². The summed E-state index contributed by atoms with van der Waals surface area (Å²) >= 11 is 0. The van der Waals surface area contributed by atoms with E-state index in [4.69, 9.17) is 12.9 Å². The van der Waals surface area contributed by atoms with Crippen LogP contribution in [0.3, 0.4) is 0 Å². The standard InChI is InChI=1S/C42H90O4P4/c1-4-7-10-13-16-19-22-25-28-31-34-37-40-47-44-50(43,45-48-41-38-35-32-29-26-23-20-17-14-11-8-5-2)46-49-42-39-36-33-30-27-24-21-18-15-12-9-6-3/h47-49H,4-42H2,1-3H3. The smallest absolute Gasteiger partial charge is 0.267 e. The van der Waals surface area contributed by atoms with Gasteiger partial charge in [-0.1, -0.05) is 233 Å². The Balaban J connectivity index is 4.08. The average Bonchev–Trinajstić information content (AvgIpc) is 3.12. The maximum atomic E-state index is 13.5. The van der Waals surface area contributed by atoms with Crippen molar-refractivity contribution in [1.82, 2.24) is 0 Å². The van der Waals surface area contributed by atoms with Gasteiger partial charge in [-0.3, -0.25) is 12.9 Å². The van der Waals surface area contributed by atoms with Crippen molar-refractivity contribution in [3.63, 3.8) is 0 Å². The van der Waals surface area contributed by atoms with Crippen LogP contribution in [0.4, 0.5) is 0 Å². The molecule has 8 heteroatoms. The fourth-order valence-corrected chi connectivity index (χ4v) is 12.2. The van der Waals surface area contributed by atoms with Gasteiger partial charge in [0, 0.05) is 26.4 Å². The first-order chi connectivity index (χ1) is 24.7. The SMILES string of the molecule is CCCCCCCCCCCCCCPOP(=O)(OPCCCCCCCCCCCCCC)OPCCCCCCCCCCCCCC. The molecular weight excluding hydrogens is 692 g/mol. The van der Waals surface area contributed by atoms with Crippen molar-refractivity contribution in [3.8, 4) is 0 Å². The molecule has 0 bridgehead atoms. The second kappa shape index (κ2) is 44.8. The van der Waals surface area contributed by atoms with E-state index in [-0.39, 0.29) is 26.4 Å². The van der Waals surface area contributed by atoms with Crippen molar-refractivity contribution >= 4 is 34.2 Å². The number of rotatable bonds is 45. The highest BCUT2D eigenvalue weighted by molar-refractivity contribution is 7.65. The fraction of sp³-hybridized carbons (Fsp3) is 1.00. The normalized spacial score (nSPS) is 13.7. The highest BCUT2D eigenvalue weighted by Crippen LogP contribution is 2.62. The lowest BCUT2D eigenvalue weighted by molar-refractivity contribution is 0.339. The van der Waals surface area contributed by atoms with Gasteiger partial charge >= 0.3 is 7.82 Å². The molecule has 3 atom stereocenters. The molecule has 0 spiro atoms. The molecule has 0 aliphatic heterocycles. The molecule has 3 unspecified atom stereocenters. The molecule has 0 aromatic rings. The van der Waals surface area contributed by atoms with Crippen LogP contribution in [-0.2, 0) is 17.5 Å². The lowest BCUT2D eigenvalue weighted by Crippen LogP contribution is -1.90.